The van der Waals surface area contributed by atoms with Gasteiger partial charge in [-0.05, 0) is 24.6 Å². The van der Waals surface area contributed by atoms with Crippen molar-refractivity contribution in [3.8, 4) is 0 Å². The largest absolute Gasteiger partial charge is 0.465 e. The molecule has 1 aromatic carbocycles. The van der Waals surface area contributed by atoms with E-state index in [1.54, 1.807) is 24.7 Å². The number of hydrogen-bond donors (Lipinski definition) is 1. The van der Waals surface area contributed by atoms with Crippen LogP contribution in [-0.2, 0) is 11.3 Å². The van der Waals surface area contributed by atoms with Crippen LogP contribution >= 0.6 is 0 Å². The van der Waals surface area contributed by atoms with Gasteiger partial charge in [0, 0.05) is 18.1 Å². The van der Waals surface area contributed by atoms with Crippen molar-refractivity contribution in [1.29, 1.82) is 0 Å². The number of nitrogens with zero attached hydrogens (tertiary/aromatic N) is 2. The summed E-state index contributed by atoms with van der Waals surface area (Å²) in [5.74, 6) is -0.333. The van der Waals surface area contributed by atoms with Gasteiger partial charge in [0.25, 0.3) is 0 Å². The predicted octanol–water partition coefficient (Wildman–Crippen LogP) is 2.18. The van der Waals surface area contributed by atoms with Crippen molar-refractivity contribution in [3.63, 3.8) is 0 Å². The number of methoxy groups -OCH3 is 1. The number of hydrogen-bond acceptors (Lipinski definition) is 5. The van der Waals surface area contributed by atoms with Gasteiger partial charge in [-0.1, -0.05) is 6.07 Å². The van der Waals surface area contributed by atoms with Crippen LogP contribution in [0, 0.1) is 6.92 Å². The van der Waals surface area contributed by atoms with Gasteiger partial charge in [0.15, 0.2) is 0 Å². The topological polar surface area (TPSA) is 64.1 Å². The van der Waals surface area contributed by atoms with Crippen molar-refractivity contribution in [3.05, 3.63) is 53.6 Å². The molecule has 2 aromatic rings. The fourth-order valence-electron chi connectivity index (χ4n) is 1.77. The van der Waals surface area contributed by atoms with E-state index in [0.29, 0.717) is 12.1 Å². The number of rotatable bonds is 4. The second kappa shape index (κ2) is 5.95. The minimum atomic E-state index is -0.333. The molecule has 0 unspecified atom stereocenters. The standard InChI is InChI=1S/C14H15N3O2/c1-10-12(14(18)19-2)4-3-5-13(10)17-9-11-8-15-6-7-16-11/h3-8,17H,9H2,1-2H3. The molecule has 0 atom stereocenters. The van der Waals surface area contributed by atoms with E-state index in [-0.39, 0.29) is 5.97 Å². The fourth-order valence-corrected chi connectivity index (χ4v) is 1.77. The Morgan fingerprint density at radius 3 is 2.89 bits per heavy atom. The summed E-state index contributed by atoms with van der Waals surface area (Å²) in [4.78, 5) is 19.8. The van der Waals surface area contributed by atoms with Crippen LogP contribution in [-0.4, -0.2) is 23.0 Å². The SMILES string of the molecule is COC(=O)c1cccc(NCc2cnccn2)c1C. The zero-order valence-corrected chi connectivity index (χ0v) is 10.9. The average Bonchev–Trinajstić information content (AvgIpc) is 2.46. The second-order valence-corrected chi connectivity index (χ2v) is 4.02. The normalized spacial score (nSPS) is 10.0. The van der Waals surface area contributed by atoms with Crippen LogP contribution in [0.15, 0.2) is 36.8 Å². The summed E-state index contributed by atoms with van der Waals surface area (Å²) in [6, 6.07) is 5.48. The molecule has 5 nitrogen and oxygen atoms in total. The Morgan fingerprint density at radius 2 is 2.21 bits per heavy atom. The molecule has 2 rings (SSSR count). The van der Waals surface area contributed by atoms with Crippen LogP contribution in [0.5, 0.6) is 0 Å². The minimum Gasteiger partial charge on any atom is -0.465 e. The molecule has 0 bridgehead atoms. The summed E-state index contributed by atoms with van der Waals surface area (Å²) >= 11 is 0. The highest BCUT2D eigenvalue weighted by Crippen LogP contribution is 2.20. The third-order valence-corrected chi connectivity index (χ3v) is 2.82. The maximum atomic E-state index is 11.6. The van der Waals surface area contributed by atoms with Crippen LogP contribution in [0.1, 0.15) is 21.6 Å². The number of anilines is 1. The zero-order chi connectivity index (χ0) is 13.7. The lowest BCUT2D eigenvalue weighted by molar-refractivity contribution is 0.0600. The molecule has 1 N–H and O–H groups in total. The first-order valence-electron chi connectivity index (χ1n) is 5.89. The van der Waals surface area contributed by atoms with Gasteiger partial charge in [-0.25, -0.2) is 4.79 Å². The maximum Gasteiger partial charge on any atom is 0.338 e. The first kappa shape index (κ1) is 13.0. The van der Waals surface area contributed by atoms with E-state index >= 15 is 0 Å². The molecule has 0 aliphatic rings. The molecule has 0 amide bonds. The summed E-state index contributed by atoms with van der Waals surface area (Å²) in [7, 11) is 1.38. The van der Waals surface area contributed by atoms with Gasteiger partial charge in [0.2, 0.25) is 0 Å². The summed E-state index contributed by atoms with van der Waals surface area (Å²) < 4.78 is 4.75. The quantitative estimate of drug-likeness (QED) is 0.850. The van der Waals surface area contributed by atoms with Gasteiger partial charge in [-0.3, -0.25) is 9.97 Å². The Kier molecular flexibility index (Phi) is 4.07. The first-order valence-corrected chi connectivity index (χ1v) is 5.89. The van der Waals surface area contributed by atoms with Crippen molar-refractivity contribution >= 4 is 11.7 Å². The van der Waals surface area contributed by atoms with Crippen LogP contribution in [0.3, 0.4) is 0 Å². The number of aromatic nitrogens is 2. The fraction of sp³-hybridized carbons (Fsp3) is 0.214. The lowest BCUT2D eigenvalue weighted by Crippen LogP contribution is -2.08. The van der Waals surface area contributed by atoms with Crippen molar-refractivity contribution in [2.24, 2.45) is 0 Å². The van der Waals surface area contributed by atoms with Crippen LogP contribution < -0.4 is 5.32 Å². The molecule has 98 valence electrons. The van der Waals surface area contributed by atoms with Crippen LogP contribution in [0.4, 0.5) is 5.69 Å². The predicted molar refractivity (Wildman–Crippen MR) is 71.9 cm³/mol. The molecule has 1 heterocycles. The lowest BCUT2D eigenvalue weighted by atomic mass is 10.1. The van der Waals surface area contributed by atoms with Gasteiger partial charge < -0.3 is 10.1 Å². The van der Waals surface area contributed by atoms with Crippen molar-refractivity contribution in [1.82, 2.24) is 9.97 Å². The number of ether oxygens (including phenoxy) is 1. The molecular formula is C14H15N3O2. The van der Waals surface area contributed by atoms with E-state index < -0.39 is 0 Å². The van der Waals surface area contributed by atoms with Gasteiger partial charge in [-0.2, -0.15) is 0 Å². The number of carbonyl (C=O) groups is 1. The maximum absolute atomic E-state index is 11.6. The summed E-state index contributed by atoms with van der Waals surface area (Å²) in [5.41, 5.74) is 3.14. The smallest absolute Gasteiger partial charge is 0.338 e. The Balaban J connectivity index is 2.15. The van der Waals surface area contributed by atoms with Gasteiger partial charge in [0.05, 0.1) is 31.1 Å². The molecule has 0 aliphatic heterocycles. The molecular weight excluding hydrogens is 242 g/mol. The highest BCUT2D eigenvalue weighted by atomic mass is 16.5. The van der Waals surface area contributed by atoms with Crippen molar-refractivity contribution < 1.29 is 9.53 Å². The van der Waals surface area contributed by atoms with Crippen molar-refractivity contribution in [2.75, 3.05) is 12.4 Å². The molecule has 0 spiro atoms. The summed E-state index contributed by atoms with van der Waals surface area (Å²) in [5, 5.41) is 3.24. The monoisotopic (exact) mass is 257 g/mol. The molecule has 0 saturated heterocycles. The van der Waals surface area contributed by atoms with E-state index in [4.69, 9.17) is 4.74 Å². The molecule has 0 aliphatic carbocycles. The molecule has 0 fully saturated rings. The van der Waals surface area contributed by atoms with E-state index in [1.165, 1.54) is 7.11 Å². The Labute approximate surface area is 111 Å². The number of benzene rings is 1. The number of nitrogens with one attached hydrogen (secondary N) is 1. The average molecular weight is 257 g/mol. The molecule has 5 heteroatoms. The Bertz CT molecular complexity index is 570. The highest BCUT2D eigenvalue weighted by Gasteiger charge is 2.11. The van der Waals surface area contributed by atoms with E-state index in [1.807, 2.05) is 19.1 Å². The summed E-state index contributed by atoms with van der Waals surface area (Å²) in [6.45, 7) is 2.44. The number of carbonyl (C=O) groups excluding carboxylic acids is 1. The molecule has 1 aromatic heterocycles. The van der Waals surface area contributed by atoms with Crippen molar-refractivity contribution in [2.45, 2.75) is 13.5 Å². The Morgan fingerprint density at radius 1 is 1.37 bits per heavy atom. The highest BCUT2D eigenvalue weighted by molar-refractivity contribution is 5.92. The van der Waals surface area contributed by atoms with E-state index in [9.17, 15) is 4.79 Å². The van der Waals surface area contributed by atoms with Crippen LogP contribution in [0.2, 0.25) is 0 Å². The lowest BCUT2D eigenvalue weighted by Gasteiger charge is -2.11. The van der Waals surface area contributed by atoms with E-state index in [2.05, 4.69) is 15.3 Å². The molecule has 19 heavy (non-hydrogen) atoms. The molecule has 0 saturated carbocycles. The first-order chi connectivity index (χ1) is 9.22. The van der Waals surface area contributed by atoms with Crippen LogP contribution in [0.25, 0.3) is 0 Å². The molecule has 0 radical (unpaired) electrons. The number of esters is 1. The third kappa shape index (κ3) is 3.07. The van der Waals surface area contributed by atoms with E-state index in [0.717, 1.165) is 16.9 Å². The van der Waals surface area contributed by atoms with Gasteiger partial charge in [-0.15, -0.1) is 0 Å². The minimum absolute atomic E-state index is 0.333. The Hall–Kier alpha value is -2.43. The second-order valence-electron chi connectivity index (χ2n) is 4.02. The summed E-state index contributed by atoms with van der Waals surface area (Å²) in [6.07, 6.45) is 4.98. The third-order valence-electron chi connectivity index (χ3n) is 2.82. The van der Waals surface area contributed by atoms with Gasteiger partial charge >= 0.3 is 5.97 Å². The van der Waals surface area contributed by atoms with Gasteiger partial charge in [0.1, 0.15) is 0 Å². The zero-order valence-electron chi connectivity index (χ0n) is 10.9.